The van der Waals surface area contributed by atoms with Crippen molar-refractivity contribution in [3.8, 4) is 11.6 Å². The molecule has 0 aliphatic carbocycles. The zero-order chi connectivity index (χ0) is 20.5. The van der Waals surface area contributed by atoms with E-state index < -0.39 is 5.97 Å². The summed E-state index contributed by atoms with van der Waals surface area (Å²) in [5.74, 6) is -0.399. The Hall–Kier alpha value is -2.96. The average molecular weight is 425 g/mol. The third kappa shape index (κ3) is 3.69. The number of halogens is 1. The summed E-state index contributed by atoms with van der Waals surface area (Å²) in [6.07, 6.45) is 1.76. The fourth-order valence-corrected chi connectivity index (χ4v) is 4.51. The predicted octanol–water partition coefficient (Wildman–Crippen LogP) is 5.85. The zero-order valence-corrected chi connectivity index (χ0v) is 17.3. The van der Waals surface area contributed by atoms with E-state index in [2.05, 4.69) is 9.55 Å². The molecular formula is C22H17ClN2O3S. The maximum absolute atomic E-state index is 11.3. The van der Waals surface area contributed by atoms with Crippen molar-refractivity contribution in [3.05, 3.63) is 77.1 Å². The Morgan fingerprint density at radius 1 is 1.17 bits per heavy atom. The molecule has 4 rings (SSSR count). The summed E-state index contributed by atoms with van der Waals surface area (Å²) in [6.45, 7) is 2.03. The minimum absolute atomic E-state index is 0.263. The van der Waals surface area contributed by atoms with E-state index in [-0.39, 0.29) is 5.56 Å². The van der Waals surface area contributed by atoms with Crippen molar-refractivity contribution in [2.75, 3.05) is 7.11 Å². The fourth-order valence-electron chi connectivity index (χ4n) is 3.26. The van der Waals surface area contributed by atoms with Crippen LogP contribution >= 0.6 is 23.4 Å². The molecule has 0 saturated heterocycles. The highest BCUT2D eigenvalue weighted by Gasteiger charge is 2.18. The van der Waals surface area contributed by atoms with Crippen LogP contribution < -0.4 is 4.74 Å². The van der Waals surface area contributed by atoms with Gasteiger partial charge >= 0.3 is 5.97 Å². The number of hydrogen-bond acceptors (Lipinski definition) is 4. The van der Waals surface area contributed by atoms with E-state index in [0.717, 1.165) is 32.1 Å². The van der Waals surface area contributed by atoms with Crippen LogP contribution in [0.2, 0.25) is 5.02 Å². The fraction of sp³-hybridized carbons (Fsp3) is 0.0909. The highest BCUT2D eigenvalue weighted by molar-refractivity contribution is 7.99. The molecule has 4 aromatic rings. The number of pyridine rings is 1. The molecule has 0 aliphatic heterocycles. The Kier molecular flexibility index (Phi) is 5.22. The number of nitrogens with zero attached hydrogens (tertiary/aromatic N) is 2. The Morgan fingerprint density at radius 3 is 2.69 bits per heavy atom. The molecule has 7 heteroatoms. The molecule has 146 valence electrons. The summed E-state index contributed by atoms with van der Waals surface area (Å²) in [4.78, 5) is 17.5. The van der Waals surface area contributed by atoms with Gasteiger partial charge in [-0.15, -0.1) is 0 Å². The zero-order valence-electron chi connectivity index (χ0n) is 15.7. The van der Waals surface area contributed by atoms with Crippen molar-refractivity contribution < 1.29 is 14.6 Å². The lowest BCUT2D eigenvalue weighted by atomic mass is 10.2. The van der Waals surface area contributed by atoms with E-state index in [1.165, 1.54) is 11.8 Å². The Morgan fingerprint density at radius 2 is 2.00 bits per heavy atom. The molecule has 0 unspecified atom stereocenters. The number of benzene rings is 2. The number of fused-ring (bicyclic) bond motifs is 1. The Bertz CT molecular complexity index is 1220. The Balaban J connectivity index is 1.87. The number of methoxy groups -OCH3 is 1. The van der Waals surface area contributed by atoms with Crippen LogP contribution in [0.15, 0.2) is 70.6 Å². The first-order valence-electron chi connectivity index (χ1n) is 8.80. The highest BCUT2D eigenvalue weighted by atomic mass is 35.5. The SMILES string of the molecule is COc1ccc(-n2c(C)c(Sc3cccc(C(=O)O)c3)c3ccc(Cl)cc32)cn1. The van der Waals surface area contributed by atoms with Crippen LogP contribution in [0, 0.1) is 6.92 Å². The molecule has 0 aliphatic rings. The number of carboxylic acids is 1. The van der Waals surface area contributed by atoms with Gasteiger partial charge in [-0.05, 0) is 43.3 Å². The van der Waals surface area contributed by atoms with Crippen molar-refractivity contribution in [3.63, 3.8) is 0 Å². The van der Waals surface area contributed by atoms with E-state index in [1.807, 2.05) is 43.3 Å². The number of carboxylic acid groups (broad SMARTS) is 1. The van der Waals surface area contributed by atoms with Gasteiger partial charge in [0.25, 0.3) is 0 Å². The molecule has 0 atom stereocenters. The first-order chi connectivity index (χ1) is 14.0. The van der Waals surface area contributed by atoms with E-state index in [4.69, 9.17) is 16.3 Å². The molecule has 0 spiro atoms. The number of hydrogen-bond donors (Lipinski definition) is 1. The normalized spacial score (nSPS) is 11.0. The van der Waals surface area contributed by atoms with Gasteiger partial charge in [-0.2, -0.15) is 0 Å². The summed E-state index contributed by atoms with van der Waals surface area (Å²) >= 11 is 7.81. The molecule has 0 fully saturated rings. The smallest absolute Gasteiger partial charge is 0.335 e. The van der Waals surface area contributed by atoms with Crippen LogP contribution in [0.5, 0.6) is 5.88 Å². The Labute approximate surface area is 176 Å². The molecule has 0 amide bonds. The van der Waals surface area contributed by atoms with Gasteiger partial charge in [-0.3, -0.25) is 0 Å². The van der Waals surface area contributed by atoms with Gasteiger partial charge in [0.1, 0.15) is 0 Å². The van der Waals surface area contributed by atoms with Gasteiger partial charge in [0.15, 0.2) is 0 Å². The van der Waals surface area contributed by atoms with Crippen LogP contribution in [0.3, 0.4) is 0 Å². The second-order valence-electron chi connectivity index (χ2n) is 6.41. The number of carbonyl (C=O) groups is 1. The predicted molar refractivity (Wildman–Crippen MR) is 115 cm³/mol. The lowest BCUT2D eigenvalue weighted by molar-refractivity contribution is 0.0696. The van der Waals surface area contributed by atoms with Gasteiger partial charge in [-0.25, -0.2) is 9.78 Å². The topological polar surface area (TPSA) is 64.3 Å². The third-order valence-electron chi connectivity index (χ3n) is 4.60. The van der Waals surface area contributed by atoms with Gasteiger partial charge in [0.2, 0.25) is 5.88 Å². The van der Waals surface area contributed by atoms with E-state index in [1.54, 1.807) is 31.5 Å². The number of ether oxygens (including phenoxy) is 1. The lowest BCUT2D eigenvalue weighted by Crippen LogP contribution is -1.98. The molecular weight excluding hydrogens is 408 g/mol. The maximum atomic E-state index is 11.3. The van der Waals surface area contributed by atoms with Crippen LogP contribution in [0.1, 0.15) is 16.1 Å². The monoisotopic (exact) mass is 424 g/mol. The van der Waals surface area contributed by atoms with Gasteiger partial charge in [-0.1, -0.05) is 35.5 Å². The molecule has 2 aromatic carbocycles. The second-order valence-corrected chi connectivity index (χ2v) is 7.93. The summed E-state index contributed by atoms with van der Waals surface area (Å²) in [5.41, 5.74) is 3.12. The molecule has 2 aromatic heterocycles. The van der Waals surface area contributed by atoms with Crippen molar-refractivity contribution >= 4 is 40.2 Å². The first kappa shape index (κ1) is 19.4. The van der Waals surface area contributed by atoms with Crippen molar-refractivity contribution in [1.82, 2.24) is 9.55 Å². The summed E-state index contributed by atoms with van der Waals surface area (Å²) in [5, 5.41) is 11.0. The van der Waals surface area contributed by atoms with Crippen LogP contribution in [-0.4, -0.2) is 27.7 Å². The van der Waals surface area contributed by atoms with Gasteiger partial charge < -0.3 is 14.4 Å². The molecule has 0 radical (unpaired) electrons. The highest BCUT2D eigenvalue weighted by Crippen LogP contribution is 2.40. The van der Waals surface area contributed by atoms with E-state index >= 15 is 0 Å². The minimum Gasteiger partial charge on any atom is -0.481 e. The van der Waals surface area contributed by atoms with Crippen molar-refractivity contribution in [2.24, 2.45) is 0 Å². The van der Waals surface area contributed by atoms with Gasteiger partial charge in [0, 0.05) is 32.0 Å². The number of aromatic nitrogens is 2. The first-order valence-corrected chi connectivity index (χ1v) is 9.99. The number of aromatic carboxylic acids is 1. The quantitative estimate of drug-likeness (QED) is 0.435. The summed E-state index contributed by atoms with van der Waals surface area (Å²) in [6, 6.07) is 16.5. The van der Waals surface area contributed by atoms with E-state index in [9.17, 15) is 9.90 Å². The van der Waals surface area contributed by atoms with E-state index in [0.29, 0.717) is 10.9 Å². The standard InChI is InChI=1S/C22H17ClN2O3S/c1-13-21(29-17-5-3-4-14(10-17)22(26)27)18-8-6-15(23)11-19(18)25(13)16-7-9-20(28-2)24-12-16/h3-12H,1-2H3,(H,26,27). The molecule has 0 saturated carbocycles. The molecule has 5 nitrogen and oxygen atoms in total. The summed E-state index contributed by atoms with van der Waals surface area (Å²) in [7, 11) is 1.58. The lowest BCUT2D eigenvalue weighted by Gasteiger charge is -2.09. The molecule has 1 N–H and O–H groups in total. The summed E-state index contributed by atoms with van der Waals surface area (Å²) < 4.78 is 7.26. The average Bonchev–Trinajstić information content (AvgIpc) is 2.99. The minimum atomic E-state index is -0.942. The second kappa shape index (κ2) is 7.81. The maximum Gasteiger partial charge on any atom is 0.335 e. The van der Waals surface area contributed by atoms with Crippen LogP contribution in [-0.2, 0) is 0 Å². The van der Waals surface area contributed by atoms with Crippen molar-refractivity contribution in [1.29, 1.82) is 0 Å². The largest absolute Gasteiger partial charge is 0.481 e. The third-order valence-corrected chi connectivity index (χ3v) is 6.04. The van der Waals surface area contributed by atoms with Crippen LogP contribution in [0.25, 0.3) is 16.6 Å². The van der Waals surface area contributed by atoms with Gasteiger partial charge in [0.05, 0.1) is 30.1 Å². The van der Waals surface area contributed by atoms with Crippen LogP contribution in [0.4, 0.5) is 0 Å². The number of rotatable bonds is 5. The van der Waals surface area contributed by atoms with Crippen molar-refractivity contribution in [2.45, 2.75) is 16.7 Å². The molecule has 29 heavy (non-hydrogen) atoms. The molecule has 2 heterocycles. The molecule has 0 bridgehead atoms.